The highest BCUT2D eigenvalue weighted by Crippen LogP contribution is 2.50. The van der Waals surface area contributed by atoms with Crippen LogP contribution in [0.2, 0.25) is 5.02 Å². The van der Waals surface area contributed by atoms with Crippen molar-refractivity contribution in [1.82, 2.24) is 24.5 Å². The molecule has 0 saturated heterocycles. The van der Waals surface area contributed by atoms with E-state index in [9.17, 15) is 16.8 Å². The fraction of sp³-hybridized carbons (Fsp3) is 0.522. The van der Waals surface area contributed by atoms with Gasteiger partial charge in [0.1, 0.15) is 5.75 Å². The Labute approximate surface area is 361 Å². The highest BCUT2D eigenvalue weighted by Gasteiger charge is 2.38. The molecule has 324 valence electrons. The van der Waals surface area contributed by atoms with Crippen LogP contribution in [0.1, 0.15) is 140 Å². The normalized spacial score (nSPS) is 15.5. The number of aromatic amines is 1. The number of aryl methyl sites for hydroxylation is 1. The Bertz CT molecular complexity index is 2370. The Hall–Kier alpha value is -3.91. The molecule has 0 aliphatic heterocycles. The fourth-order valence-corrected chi connectivity index (χ4v) is 11.5. The number of nitrogens with zero attached hydrogens (tertiary/aromatic N) is 3. The number of rotatable bonds is 22. The summed E-state index contributed by atoms with van der Waals surface area (Å²) in [4.78, 5) is 4.87. The zero-order chi connectivity index (χ0) is 42.1. The molecule has 0 radical (unpaired) electrons. The lowest BCUT2D eigenvalue weighted by Gasteiger charge is -2.29. The molecule has 7 rings (SSSR count). The third-order valence-corrected chi connectivity index (χ3v) is 15.6. The van der Waals surface area contributed by atoms with E-state index in [1.165, 1.54) is 120 Å². The molecule has 60 heavy (non-hydrogen) atoms. The standard InChI is InChI=1S/C46H61ClN6O5S2/c1-3-4-5-6-7-8-9-10-11-16-31-48-59(54,55)39-29-30-40(47)41(32-39)52-60(56,57)38-27-23-36(24-28-38)45-49-46-44(58-37-25-21-33(2)22-26-37)43(50-53(46)51-45)42(34-17-12-13-18-34)35-19-14-15-20-35/h21-30,32,34-35,42,48,50,52H,3-20,31H2,1-2H3. The number of sulfonamides is 2. The van der Waals surface area contributed by atoms with Gasteiger partial charge in [0, 0.05) is 18.0 Å². The zero-order valence-electron chi connectivity index (χ0n) is 35.1. The van der Waals surface area contributed by atoms with Gasteiger partial charge in [-0.2, -0.15) is 0 Å². The predicted molar refractivity (Wildman–Crippen MR) is 240 cm³/mol. The molecule has 0 bridgehead atoms. The van der Waals surface area contributed by atoms with Crippen LogP contribution in [0.25, 0.3) is 17.0 Å². The van der Waals surface area contributed by atoms with Crippen molar-refractivity contribution in [3.63, 3.8) is 0 Å². The van der Waals surface area contributed by atoms with E-state index in [2.05, 4.69) is 28.4 Å². The molecule has 11 nitrogen and oxygen atoms in total. The topological polar surface area (TPSA) is 148 Å². The molecule has 2 aliphatic carbocycles. The number of ether oxygens (including phenoxy) is 1. The van der Waals surface area contributed by atoms with E-state index < -0.39 is 20.0 Å². The summed E-state index contributed by atoms with van der Waals surface area (Å²) in [6.07, 6.45) is 21.4. The lowest BCUT2D eigenvalue weighted by Crippen LogP contribution is -2.25. The van der Waals surface area contributed by atoms with E-state index in [0.29, 0.717) is 47.1 Å². The number of benzene rings is 3. The van der Waals surface area contributed by atoms with Crippen molar-refractivity contribution in [2.45, 2.75) is 145 Å². The van der Waals surface area contributed by atoms with Crippen molar-refractivity contribution >= 4 is 43.0 Å². The molecule has 2 fully saturated rings. The van der Waals surface area contributed by atoms with Gasteiger partial charge in [-0.1, -0.05) is 120 Å². The van der Waals surface area contributed by atoms with E-state index in [0.717, 1.165) is 42.7 Å². The number of hydrogen-bond donors (Lipinski definition) is 3. The maximum absolute atomic E-state index is 13.6. The maximum atomic E-state index is 13.6. The number of halogens is 1. The minimum absolute atomic E-state index is 0.0268. The van der Waals surface area contributed by atoms with Gasteiger partial charge in [-0.3, -0.25) is 9.82 Å². The average Bonchev–Trinajstić information content (AvgIpc) is 4.08. The summed E-state index contributed by atoms with van der Waals surface area (Å²) >= 11 is 6.40. The van der Waals surface area contributed by atoms with Crippen LogP contribution in [-0.4, -0.2) is 43.2 Å². The second kappa shape index (κ2) is 20.3. The van der Waals surface area contributed by atoms with Crippen LogP contribution in [0.3, 0.4) is 0 Å². The van der Waals surface area contributed by atoms with E-state index in [-0.39, 0.29) is 20.5 Å². The summed E-state index contributed by atoms with van der Waals surface area (Å²) < 4.78 is 67.1. The van der Waals surface area contributed by atoms with Crippen LogP contribution in [0.4, 0.5) is 5.69 Å². The smallest absolute Gasteiger partial charge is 0.261 e. The second-order valence-corrected chi connectivity index (χ2v) is 20.8. The number of fused-ring (bicyclic) bond motifs is 1. The molecule has 0 spiro atoms. The molecule has 0 amide bonds. The van der Waals surface area contributed by atoms with Crippen LogP contribution in [0.15, 0.2) is 76.5 Å². The molecule has 3 N–H and O–H groups in total. The average molecular weight is 878 g/mol. The van der Waals surface area contributed by atoms with Crippen molar-refractivity contribution in [3.05, 3.63) is 83.0 Å². The summed E-state index contributed by atoms with van der Waals surface area (Å²) in [6, 6.07) is 18.3. The first kappa shape index (κ1) is 44.2. The molecule has 14 heteroatoms. The summed E-state index contributed by atoms with van der Waals surface area (Å²) in [5, 5.41) is 8.52. The Morgan fingerprint density at radius 1 is 0.767 bits per heavy atom. The molecule has 2 saturated carbocycles. The van der Waals surface area contributed by atoms with Gasteiger partial charge in [-0.25, -0.2) is 26.5 Å². The Kier molecular flexibility index (Phi) is 14.9. The Balaban J connectivity index is 1.03. The summed E-state index contributed by atoms with van der Waals surface area (Å²) in [7, 11) is -8.03. The lowest BCUT2D eigenvalue weighted by molar-refractivity contribution is 0.301. The molecular weight excluding hydrogens is 816 g/mol. The molecule has 2 aliphatic rings. The Morgan fingerprint density at radius 2 is 1.35 bits per heavy atom. The molecule has 2 aromatic heterocycles. The second-order valence-electron chi connectivity index (χ2n) is 16.9. The third-order valence-electron chi connectivity index (χ3n) is 12.4. The highest BCUT2D eigenvalue weighted by atomic mass is 35.5. The first-order valence-electron chi connectivity index (χ1n) is 22.2. The summed E-state index contributed by atoms with van der Waals surface area (Å²) in [6.45, 7) is 4.58. The van der Waals surface area contributed by atoms with Crippen molar-refractivity contribution in [1.29, 1.82) is 0 Å². The van der Waals surface area contributed by atoms with E-state index in [1.54, 1.807) is 16.8 Å². The number of anilines is 1. The molecule has 0 unspecified atom stereocenters. The van der Waals surface area contributed by atoms with Gasteiger partial charge < -0.3 is 4.74 Å². The molecule has 0 atom stereocenters. The molecule has 2 heterocycles. The first-order chi connectivity index (χ1) is 29.0. The maximum Gasteiger partial charge on any atom is 0.261 e. The largest absolute Gasteiger partial charge is 0.451 e. The Morgan fingerprint density at radius 3 is 1.97 bits per heavy atom. The monoisotopic (exact) mass is 876 g/mol. The lowest BCUT2D eigenvalue weighted by atomic mass is 9.77. The number of aromatic nitrogens is 4. The van der Waals surface area contributed by atoms with Crippen LogP contribution < -0.4 is 14.2 Å². The SMILES string of the molecule is CCCCCCCCCCCCNS(=O)(=O)c1ccc(Cl)c(NS(=O)(=O)c2ccc(-c3nc4c(Oc5ccc(C)cc5)c(C(C5CCCC5)C5CCCC5)[nH]n4n3)cc2)c1. The van der Waals surface area contributed by atoms with Gasteiger partial charge in [0.05, 0.1) is 26.2 Å². The number of unbranched alkanes of at least 4 members (excludes halogenated alkanes) is 9. The van der Waals surface area contributed by atoms with Gasteiger partial charge in [-0.05, 0) is 105 Å². The molecule has 3 aromatic carbocycles. The van der Waals surface area contributed by atoms with Crippen LogP contribution >= 0.6 is 11.6 Å². The third kappa shape index (κ3) is 10.9. The number of nitrogens with one attached hydrogen (secondary N) is 3. The van der Waals surface area contributed by atoms with Crippen molar-refractivity contribution < 1.29 is 21.6 Å². The quantitative estimate of drug-likeness (QED) is 0.0586. The molecular formula is C46H61ClN6O5S2. The van der Waals surface area contributed by atoms with Crippen molar-refractivity contribution in [3.8, 4) is 22.9 Å². The van der Waals surface area contributed by atoms with E-state index in [1.807, 2.05) is 24.3 Å². The minimum Gasteiger partial charge on any atom is -0.451 e. The highest BCUT2D eigenvalue weighted by molar-refractivity contribution is 7.92. The number of H-pyrrole nitrogens is 1. The minimum atomic E-state index is -4.15. The zero-order valence-corrected chi connectivity index (χ0v) is 37.5. The molecule has 5 aromatic rings. The fourth-order valence-electron chi connectivity index (χ4n) is 9.12. The number of hydrogen-bond acceptors (Lipinski definition) is 7. The van der Waals surface area contributed by atoms with Gasteiger partial charge in [0.2, 0.25) is 15.7 Å². The first-order valence-corrected chi connectivity index (χ1v) is 25.5. The summed E-state index contributed by atoms with van der Waals surface area (Å²) in [5.74, 6) is 3.34. The summed E-state index contributed by atoms with van der Waals surface area (Å²) in [5.41, 5.74) is 3.38. The van der Waals surface area contributed by atoms with Gasteiger partial charge >= 0.3 is 0 Å². The van der Waals surface area contributed by atoms with Crippen molar-refractivity contribution in [2.24, 2.45) is 11.8 Å². The van der Waals surface area contributed by atoms with Crippen molar-refractivity contribution in [2.75, 3.05) is 11.3 Å². The van der Waals surface area contributed by atoms with Crippen LogP contribution in [0, 0.1) is 18.8 Å². The van der Waals surface area contributed by atoms with Gasteiger partial charge in [-0.15, -0.1) is 9.73 Å². The predicted octanol–water partition coefficient (Wildman–Crippen LogP) is 11.9. The van der Waals surface area contributed by atoms with Crippen LogP contribution in [0.5, 0.6) is 11.5 Å². The van der Waals surface area contributed by atoms with Gasteiger partial charge in [0.25, 0.3) is 10.0 Å². The van der Waals surface area contributed by atoms with Gasteiger partial charge in [0.15, 0.2) is 11.6 Å². The van der Waals surface area contributed by atoms with E-state index in [4.69, 9.17) is 26.4 Å². The van der Waals surface area contributed by atoms with E-state index >= 15 is 0 Å². The van der Waals surface area contributed by atoms with Crippen LogP contribution in [-0.2, 0) is 20.0 Å².